The first-order chi connectivity index (χ1) is 8.70. The van der Waals surface area contributed by atoms with Gasteiger partial charge in [0.15, 0.2) is 0 Å². The third-order valence-electron chi connectivity index (χ3n) is 3.01. The number of rotatable bonds is 3. The lowest BCUT2D eigenvalue weighted by Crippen LogP contribution is -2.34. The van der Waals surface area contributed by atoms with E-state index in [-0.39, 0.29) is 5.91 Å². The first-order valence-electron chi connectivity index (χ1n) is 6.01. The zero-order chi connectivity index (χ0) is 13.0. The lowest BCUT2D eigenvalue weighted by molar-refractivity contribution is -0.130. The Kier molecular flexibility index (Phi) is 4.60. The van der Waals surface area contributed by atoms with Gasteiger partial charge in [-0.1, -0.05) is 15.9 Å². The molecule has 1 fully saturated rings. The van der Waals surface area contributed by atoms with E-state index in [9.17, 15) is 4.79 Å². The summed E-state index contributed by atoms with van der Waals surface area (Å²) < 4.78 is 6.33. The van der Waals surface area contributed by atoms with Crippen LogP contribution in [0.4, 0.5) is 0 Å². The van der Waals surface area contributed by atoms with Crippen LogP contribution in [-0.4, -0.2) is 37.6 Å². The third-order valence-corrected chi connectivity index (χ3v) is 3.51. The summed E-state index contributed by atoms with van der Waals surface area (Å²) in [6, 6.07) is 5.86. The van der Waals surface area contributed by atoms with Gasteiger partial charge in [0.1, 0.15) is 5.75 Å². The molecule has 0 spiro atoms. The molecule has 4 nitrogen and oxygen atoms in total. The maximum atomic E-state index is 11.9. The van der Waals surface area contributed by atoms with E-state index in [1.54, 1.807) is 7.11 Å². The van der Waals surface area contributed by atoms with E-state index < -0.39 is 0 Å². The topological polar surface area (TPSA) is 41.6 Å². The van der Waals surface area contributed by atoms with Gasteiger partial charge in [-0.2, -0.15) is 0 Å². The van der Waals surface area contributed by atoms with E-state index in [1.165, 1.54) is 0 Å². The van der Waals surface area contributed by atoms with Crippen molar-refractivity contribution in [3.63, 3.8) is 0 Å². The largest absolute Gasteiger partial charge is 0.496 e. The number of hydrogen-bond acceptors (Lipinski definition) is 3. The van der Waals surface area contributed by atoms with Crippen LogP contribution in [0.5, 0.6) is 5.75 Å². The molecule has 1 aromatic rings. The van der Waals surface area contributed by atoms with Crippen molar-refractivity contribution in [1.29, 1.82) is 0 Å². The Morgan fingerprint density at radius 1 is 1.50 bits per heavy atom. The molecule has 1 aromatic carbocycles. The molecule has 5 heteroatoms. The molecule has 18 heavy (non-hydrogen) atoms. The van der Waals surface area contributed by atoms with Gasteiger partial charge >= 0.3 is 0 Å². The summed E-state index contributed by atoms with van der Waals surface area (Å²) in [4.78, 5) is 13.8. The Labute approximate surface area is 115 Å². The van der Waals surface area contributed by atoms with Crippen molar-refractivity contribution in [2.75, 3.05) is 26.7 Å². The molecule has 0 atom stereocenters. The van der Waals surface area contributed by atoms with Crippen molar-refractivity contribution in [1.82, 2.24) is 10.2 Å². The van der Waals surface area contributed by atoms with Crippen molar-refractivity contribution >= 4 is 21.8 Å². The number of benzene rings is 1. The monoisotopic (exact) mass is 312 g/mol. The predicted octanol–water partition coefficient (Wildman–Crippen LogP) is 1.78. The van der Waals surface area contributed by atoms with Gasteiger partial charge in [-0.05, 0) is 31.2 Å². The van der Waals surface area contributed by atoms with Crippen LogP contribution < -0.4 is 10.1 Å². The van der Waals surface area contributed by atoms with Crippen LogP contribution in [0, 0.1) is 0 Å². The van der Waals surface area contributed by atoms with Crippen LogP contribution in [0.15, 0.2) is 22.7 Å². The van der Waals surface area contributed by atoms with E-state index in [2.05, 4.69) is 21.2 Å². The average molecular weight is 313 g/mol. The van der Waals surface area contributed by atoms with Crippen molar-refractivity contribution in [3.05, 3.63) is 28.2 Å². The number of amides is 1. The lowest BCUT2D eigenvalue weighted by atomic mass is 10.2. The lowest BCUT2D eigenvalue weighted by Gasteiger charge is -2.21. The molecule has 0 unspecified atom stereocenters. The van der Waals surface area contributed by atoms with Crippen LogP contribution in [-0.2, 0) is 11.3 Å². The maximum Gasteiger partial charge on any atom is 0.236 e. The van der Waals surface area contributed by atoms with Crippen molar-refractivity contribution in [2.45, 2.75) is 13.0 Å². The van der Waals surface area contributed by atoms with Gasteiger partial charge in [0.2, 0.25) is 5.91 Å². The number of methoxy groups -OCH3 is 1. The first kappa shape index (κ1) is 13.4. The van der Waals surface area contributed by atoms with Crippen molar-refractivity contribution in [3.8, 4) is 5.75 Å². The van der Waals surface area contributed by atoms with E-state index in [0.29, 0.717) is 13.1 Å². The average Bonchev–Trinajstić information content (AvgIpc) is 2.55. The minimum Gasteiger partial charge on any atom is -0.496 e. The maximum absolute atomic E-state index is 11.9. The quantitative estimate of drug-likeness (QED) is 0.925. The smallest absolute Gasteiger partial charge is 0.236 e. The Hall–Kier alpha value is -1.07. The van der Waals surface area contributed by atoms with Gasteiger partial charge in [0.05, 0.1) is 13.7 Å². The fraction of sp³-hybridized carbons (Fsp3) is 0.462. The zero-order valence-electron chi connectivity index (χ0n) is 10.4. The molecular formula is C13H17BrN2O2. The zero-order valence-corrected chi connectivity index (χ0v) is 12.0. The first-order valence-corrected chi connectivity index (χ1v) is 6.81. The van der Waals surface area contributed by atoms with Crippen molar-refractivity contribution in [2.24, 2.45) is 0 Å². The second-order valence-electron chi connectivity index (χ2n) is 4.30. The van der Waals surface area contributed by atoms with Gasteiger partial charge in [0.25, 0.3) is 0 Å². The van der Waals surface area contributed by atoms with Crippen LogP contribution in [0.2, 0.25) is 0 Å². The Morgan fingerprint density at radius 2 is 2.33 bits per heavy atom. The molecule has 1 saturated heterocycles. The highest BCUT2D eigenvalue weighted by Crippen LogP contribution is 2.24. The second kappa shape index (κ2) is 6.20. The van der Waals surface area contributed by atoms with E-state index >= 15 is 0 Å². The summed E-state index contributed by atoms with van der Waals surface area (Å²) in [5.74, 6) is 0.970. The fourth-order valence-corrected chi connectivity index (χ4v) is 2.48. The summed E-state index contributed by atoms with van der Waals surface area (Å²) >= 11 is 3.45. The number of carbonyl (C=O) groups is 1. The number of halogens is 1. The van der Waals surface area contributed by atoms with Gasteiger partial charge in [0, 0.05) is 23.1 Å². The van der Waals surface area contributed by atoms with Gasteiger partial charge in [-0.15, -0.1) is 0 Å². The Balaban J connectivity index is 2.16. The van der Waals surface area contributed by atoms with E-state index in [1.807, 2.05) is 23.1 Å². The standard InChI is InChI=1S/C13H17BrN2O2/c1-18-12-4-3-11(14)7-10(12)9-16-6-2-5-15-8-13(16)17/h3-4,7,15H,2,5-6,8-9H2,1H3. The SMILES string of the molecule is COc1ccc(Br)cc1CN1CCCNCC1=O. The highest BCUT2D eigenvalue weighted by atomic mass is 79.9. The minimum absolute atomic E-state index is 0.148. The van der Waals surface area contributed by atoms with Crippen LogP contribution in [0.1, 0.15) is 12.0 Å². The molecule has 2 rings (SSSR count). The number of ether oxygens (including phenoxy) is 1. The van der Waals surface area contributed by atoms with Gasteiger partial charge < -0.3 is 15.0 Å². The molecule has 0 aromatic heterocycles. The summed E-state index contributed by atoms with van der Waals surface area (Å²) in [5, 5.41) is 3.12. The van der Waals surface area contributed by atoms with E-state index in [0.717, 1.165) is 35.3 Å². The number of carbonyl (C=O) groups excluding carboxylic acids is 1. The van der Waals surface area contributed by atoms with Crippen LogP contribution in [0.3, 0.4) is 0 Å². The highest BCUT2D eigenvalue weighted by molar-refractivity contribution is 9.10. The highest BCUT2D eigenvalue weighted by Gasteiger charge is 2.18. The predicted molar refractivity (Wildman–Crippen MR) is 73.6 cm³/mol. The third kappa shape index (κ3) is 3.23. The molecule has 98 valence electrons. The summed E-state index contributed by atoms with van der Waals surface area (Å²) in [5.41, 5.74) is 1.03. The molecule has 1 amide bonds. The molecule has 0 aliphatic carbocycles. The van der Waals surface area contributed by atoms with E-state index in [4.69, 9.17) is 4.74 Å². The number of hydrogen-bond donors (Lipinski definition) is 1. The van der Waals surface area contributed by atoms with Gasteiger partial charge in [-0.25, -0.2) is 0 Å². The fourth-order valence-electron chi connectivity index (χ4n) is 2.07. The Morgan fingerprint density at radius 3 is 3.11 bits per heavy atom. The summed E-state index contributed by atoms with van der Waals surface area (Å²) in [7, 11) is 1.65. The minimum atomic E-state index is 0.148. The van der Waals surface area contributed by atoms with Crippen LogP contribution >= 0.6 is 15.9 Å². The second-order valence-corrected chi connectivity index (χ2v) is 5.22. The van der Waals surface area contributed by atoms with Crippen LogP contribution in [0.25, 0.3) is 0 Å². The molecule has 0 bridgehead atoms. The molecule has 1 aliphatic rings. The van der Waals surface area contributed by atoms with Gasteiger partial charge in [-0.3, -0.25) is 4.79 Å². The molecule has 1 N–H and O–H groups in total. The van der Waals surface area contributed by atoms with Crippen molar-refractivity contribution < 1.29 is 9.53 Å². The molecule has 1 heterocycles. The molecule has 0 saturated carbocycles. The summed E-state index contributed by atoms with van der Waals surface area (Å²) in [6.45, 7) is 2.72. The normalized spacial score (nSPS) is 16.6. The number of nitrogens with one attached hydrogen (secondary N) is 1. The molecular weight excluding hydrogens is 296 g/mol. The Bertz CT molecular complexity index is 437. The summed E-state index contributed by atoms with van der Waals surface area (Å²) in [6.07, 6.45) is 0.988. The molecule has 1 aliphatic heterocycles. The number of nitrogens with zero attached hydrogens (tertiary/aromatic N) is 1. The molecule has 0 radical (unpaired) electrons.